The summed E-state index contributed by atoms with van der Waals surface area (Å²) in [5, 5.41) is 4.76. The summed E-state index contributed by atoms with van der Waals surface area (Å²) in [7, 11) is 0. The molecule has 0 bridgehead atoms. The van der Waals surface area contributed by atoms with E-state index in [9.17, 15) is 13.6 Å². The Bertz CT molecular complexity index is 883. The van der Waals surface area contributed by atoms with Crippen molar-refractivity contribution in [3.63, 3.8) is 0 Å². The Kier molecular flexibility index (Phi) is 4.93. The number of carbonyl (C=O) groups is 1. The summed E-state index contributed by atoms with van der Waals surface area (Å²) in [6.07, 6.45) is 4.62. The summed E-state index contributed by atoms with van der Waals surface area (Å²) < 4.78 is 27.0. The number of hydrogen-bond acceptors (Lipinski definition) is 3. The Hall–Kier alpha value is -2.31. The van der Waals surface area contributed by atoms with Crippen molar-refractivity contribution < 1.29 is 13.6 Å². The molecular formula is C20H24F2N4O. The van der Waals surface area contributed by atoms with Gasteiger partial charge in [0, 0.05) is 24.8 Å². The van der Waals surface area contributed by atoms with Crippen LogP contribution in [0.1, 0.15) is 62.0 Å². The van der Waals surface area contributed by atoms with Crippen molar-refractivity contribution in [3.8, 4) is 0 Å². The molecule has 7 heteroatoms. The Balaban J connectivity index is 1.64. The summed E-state index contributed by atoms with van der Waals surface area (Å²) in [6.45, 7) is 2.85. The van der Waals surface area contributed by atoms with E-state index in [-0.39, 0.29) is 12.3 Å². The molecule has 2 aromatic heterocycles. The van der Waals surface area contributed by atoms with Crippen molar-refractivity contribution in [3.05, 3.63) is 41.4 Å². The topological polar surface area (TPSA) is 50.5 Å². The Morgan fingerprint density at radius 3 is 2.85 bits per heavy atom. The third kappa shape index (κ3) is 3.87. The fourth-order valence-electron chi connectivity index (χ4n) is 3.78. The lowest BCUT2D eigenvalue weighted by Gasteiger charge is -2.16. The first kappa shape index (κ1) is 18.1. The molecule has 1 atom stereocenters. The van der Waals surface area contributed by atoms with E-state index in [2.05, 4.69) is 6.92 Å². The molecule has 2 aromatic rings. The summed E-state index contributed by atoms with van der Waals surface area (Å²) in [6, 6.07) is 4.01. The third-order valence-corrected chi connectivity index (χ3v) is 5.35. The molecule has 1 saturated carbocycles. The number of halogens is 2. The first-order chi connectivity index (χ1) is 13.0. The van der Waals surface area contributed by atoms with Crippen LogP contribution in [-0.2, 0) is 17.8 Å². The Morgan fingerprint density at radius 1 is 1.33 bits per heavy atom. The smallest absolute Gasteiger partial charge is 0.266 e. The van der Waals surface area contributed by atoms with Crippen LogP contribution in [-0.4, -0.2) is 31.9 Å². The first-order valence-corrected chi connectivity index (χ1v) is 9.73. The maximum absolute atomic E-state index is 12.6. The minimum absolute atomic E-state index is 0.0867. The molecule has 4 rings (SSSR count). The van der Waals surface area contributed by atoms with E-state index >= 15 is 0 Å². The van der Waals surface area contributed by atoms with Gasteiger partial charge in [-0.15, -0.1) is 0 Å². The maximum atomic E-state index is 12.6. The van der Waals surface area contributed by atoms with Gasteiger partial charge in [0.25, 0.3) is 6.08 Å². The molecule has 144 valence electrons. The second kappa shape index (κ2) is 7.37. The molecule has 2 fully saturated rings. The highest BCUT2D eigenvalue weighted by Gasteiger charge is 2.34. The lowest BCUT2D eigenvalue weighted by Crippen LogP contribution is -2.26. The molecule has 2 aliphatic rings. The quantitative estimate of drug-likeness (QED) is 0.734. The van der Waals surface area contributed by atoms with E-state index in [1.54, 1.807) is 4.90 Å². The molecule has 1 saturated heterocycles. The third-order valence-electron chi connectivity index (χ3n) is 5.35. The van der Waals surface area contributed by atoms with E-state index in [0.717, 1.165) is 60.9 Å². The number of amides is 1. The van der Waals surface area contributed by atoms with E-state index in [1.807, 2.05) is 16.6 Å². The van der Waals surface area contributed by atoms with Gasteiger partial charge in [-0.25, -0.2) is 9.50 Å². The van der Waals surface area contributed by atoms with Crippen molar-refractivity contribution in [1.29, 1.82) is 0 Å². The summed E-state index contributed by atoms with van der Waals surface area (Å²) in [5.41, 5.74) is 3.76. The number of carbonyl (C=O) groups excluding carboxylic acids is 1. The number of aromatic nitrogens is 3. The minimum Gasteiger partial charge on any atom is -0.336 e. The van der Waals surface area contributed by atoms with Crippen LogP contribution in [0.15, 0.2) is 24.3 Å². The number of unbranched alkanes of at least 4 members (excludes halogenated alkanes) is 1. The average Bonchev–Trinajstić information content (AvgIpc) is 3.33. The number of imidazole rings is 1. The number of hydrogen-bond donors (Lipinski definition) is 0. The van der Waals surface area contributed by atoms with Crippen molar-refractivity contribution in [2.75, 3.05) is 6.54 Å². The summed E-state index contributed by atoms with van der Waals surface area (Å²) >= 11 is 0. The highest BCUT2D eigenvalue weighted by atomic mass is 19.3. The van der Waals surface area contributed by atoms with Gasteiger partial charge in [0.1, 0.15) is 0 Å². The standard InChI is InChI=1S/C20H24F2N4O/c1-2-3-4-15-7-8-18-23-20(14-5-6-14)16(26(18)24-15)12-25-11-13(9-17(21)22)10-19(25)27/h7-9,13-14H,2-6,10-12H2,1H3. The van der Waals surface area contributed by atoms with Crippen LogP contribution >= 0.6 is 0 Å². The van der Waals surface area contributed by atoms with Crippen LogP contribution in [0.25, 0.3) is 5.65 Å². The fourth-order valence-corrected chi connectivity index (χ4v) is 3.78. The van der Waals surface area contributed by atoms with Gasteiger partial charge >= 0.3 is 0 Å². The van der Waals surface area contributed by atoms with Gasteiger partial charge in [-0.05, 0) is 43.9 Å². The molecule has 1 aliphatic heterocycles. The van der Waals surface area contributed by atoms with Gasteiger partial charge in [-0.3, -0.25) is 4.79 Å². The van der Waals surface area contributed by atoms with Crippen molar-refractivity contribution in [2.24, 2.45) is 5.92 Å². The van der Waals surface area contributed by atoms with E-state index in [1.165, 1.54) is 0 Å². The van der Waals surface area contributed by atoms with Gasteiger partial charge in [0.2, 0.25) is 5.91 Å². The van der Waals surface area contributed by atoms with Crippen LogP contribution in [0.5, 0.6) is 0 Å². The number of likely N-dealkylation sites (tertiary alicyclic amines) is 1. The monoisotopic (exact) mass is 374 g/mol. The second-order valence-corrected chi connectivity index (χ2v) is 7.61. The second-order valence-electron chi connectivity index (χ2n) is 7.61. The molecule has 0 N–H and O–H groups in total. The van der Waals surface area contributed by atoms with Gasteiger partial charge in [-0.1, -0.05) is 13.3 Å². The predicted molar refractivity (Wildman–Crippen MR) is 97.4 cm³/mol. The number of nitrogens with zero attached hydrogens (tertiary/aromatic N) is 4. The zero-order valence-electron chi connectivity index (χ0n) is 15.5. The largest absolute Gasteiger partial charge is 0.336 e. The number of rotatable bonds is 7. The van der Waals surface area contributed by atoms with Gasteiger partial charge < -0.3 is 4.90 Å². The molecule has 1 unspecified atom stereocenters. The Labute approximate surface area is 157 Å². The van der Waals surface area contributed by atoms with Crippen LogP contribution in [0.2, 0.25) is 0 Å². The van der Waals surface area contributed by atoms with Crippen molar-refractivity contribution >= 4 is 11.6 Å². The summed E-state index contributed by atoms with van der Waals surface area (Å²) in [5.74, 6) is -0.0760. The maximum Gasteiger partial charge on any atom is 0.266 e. The molecule has 3 heterocycles. The average molecular weight is 374 g/mol. The summed E-state index contributed by atoms with van der Waals surface area (Å²) in [4.78, 5) is 18.8. The van der Waals surface area contributed by atoms with Gasteiger partial charge in [-0.2, -0.15) is 13.9 Å². The van der Waals surface area contributed by atoms with Gasteiger partial charge in [0.05, 0.1) is 23.6 Å². The lowest BCUT2D eigenvalue weighted by molar-refractivity contribution is -0.128. The molecule has 0 spiro atoms. The number of fused-ring (bicyclic) bond motifs is 1. The zero-order valence-corrected chi connectivity index (χ0v) is 15.5. The highest BCUT2D eigenvalue weighted by Crippen LogP contribution is 2.41. The zero-order chi connectivity index (χ0) is 19.0. The molecule has 5 nitrogen and oxygen atoms in total. The van der Waals surface area contributed by atoms with E-state index in [4.69, 9.17) is 10.1 Å². The van der Waals surface area contributed by atoms with E-state index < -0.39 is 12.0 Å². The van der Waals surface area contributed by atoms with Crippen molar-refractivity contribution in [2.45, 2.75) is 57.9 Å². The minimum atomic E-state index is -1.72. The lowest BCUT2D eigenvalue weighted by atomic mass is 10.1. The van der Waals surface area contributed by atoms with Gasteiger partial charge in [0.15, 0.2) is 5.65 Å². The normalized spacial score (nSPS) is 19.9. The molecule has 0 aromatic carbocycles. The number of aryl methyl sites for hydroxylation is 1. The SMILES string of the molecule is CCCCc1ccc2nc(C3CC3)c(CN3CC(C=C(F)F)CC3=O)n2n1. The molecule has 1 aliphatic carbocycles. The van der Waals surface area contributed by atoms with Crippen molar-refractivity contribution in [1.82, 2.24) is 19.5 Å². The molecule has 27 heavy (non-hydrogen) atoms. The first-order valence-electron chi connectivity index (χ1n) is 9.73. The molecule has 1 amide bonds. The highest BCUT2D eigenvalue weighted by molar-refractivity contribution is 5.79. The van der Waals surface area contributed by atoms with E-state index in [0.29, 0.717) is 19.0 Å². The Morgan fingerprint density at radius 2 is 2.15 bits per heavy atom. The predicted octanol–water partition coefficient (Wildman–Crippen LogP) is 4.08. The molecular weight excluding hydrogens is 350 g/mol. The van der Waals surface area contributed by atoms with Crippen LogP contribution < -0.4 is 0 Å². The van der Waals surface area contributed by atoms with Crippen LogP contribution in [0.4, 0.5) is 8.78 Å². The molecule has 0 radical (unpaired) electrons. The van der Waals surface area contributed by atoms with Crippen LogP contribution in [0, 0.1) is 5.92 Å². The fraction of sp³-hybridized carbons (Fsp3) is 0.550. The van der Waals surface area contributed by atoms with Crippen LogP contribution in [0.3, 0.4) is 0 Å².